The van der Waals surface area contributed by atoms with Crippen molar-refractivity contribution in [1.82, 2.24) is 10.2 Å². The molecule has 0 aromatic carbocycles. The van der Waals surface area contributed by atoms with E-state index in [2.05, 4.69) is 5.32 Å². The SMILES string of the molecule is CC[C@H](C(=O)N[C@H](CO)C(C)C)N1CCCC1=O. The van der Waals surface area contributed by atoms with Crippen LogP contribution in [-0.4, -0.2) is 47.1 Å². The predicted octanol–water partition coefficient (Wildman–Crippen LogP) is 0.520. The van der Waals surface area contributed by atoms with Crippen molar-refractivity contribution in [2.24, 2.45) is 5.92 Å². The van der Waals surface area contributed by atoms with Gasteiger partial charge in [0.2, 0.25) is 11.8 Å². The summed E-state index contributed by atoms with van der Waals surface area (Å²) >= 11 is 0. The molecule has 1 saturated heterocycles. The second-order valence-electron chi connectivity index (χ2n) is 5.16. The van der Waals surface area contributed by atoms with Crippen molar-refractivity contribution in [3.8, 4) is 0 Å². The summed E-state index contributed by atoms with van der Waals surface area (Å²) in [5.74, 6) is 0.0772. The van der Waals surface area contributed by atoms with Crippen molar-refractivity contribution in [2.75, 3.05) is 13.2 Å². The number of hydrogen-bond acceptors (Lipinski definition) is 3. The largest absolute Gasteiger partial charge is 0.394 e. The first-order chi connectivity index (χ1) is 8.51. The van der Waals surface area contributed by atoms with Crippen molar-refractivity contribution in [1.29, 1.82) is 0 Å². The zero-order valence-electron chi connectivity index (χ0n) is 11.5. The summed E-state index contributed by atoms with van der Waals surface area (Å²) < 4.78 is 0. The fourth-order valence-electron chi connectivity index (χ4n) is 2.25. The molecule has 0 saturated carbocycles. The van der Waals surface area contributed by atoms with E-state index in [0.717, 1.165) is 6.42 Å². The molecular weight excluding hydrogens is 232 g/mol. The van der Waals surface area contributed by atoms with Gasteiger partial charge >= 0.3 is 0 Å². The molecule has 1 heterocycles. The van der Waals surface area contributed by atoms with Crippen molar-refractivity contribution >= 4 is 11.8 Å². The van der Waals surface area contributed by atoms with Gasteiger partial charge in [0.05, 0.1) is 12.6 Å². The lowest BCUT2D eigenvalue weighted by molar-refractivity contribution is -0.138. The van der Waals surface area contributed by atoms with Crippen LogP contribution < -0.4 is 5.32 Å². The Labute approximate surface area is 109 Å². The minimum Gasteiger partial charge on any atom is -0.394 e. The quantitative estimate of drug-likeness (QED) is 0.728. The Hall–Kier alpha value is -1.10. The molecule has 0 aromatic heterocycles. The second-order valence-corrected chi connectivity index (χ2v) is 5.16. The van der Waals surface area contributed by atoms with E-state index < -0.39 is 6.04 Å². The summed E-state index contributed by atoms with van der Waals surface area (Å²) in [4.78, 5) is 25.5. The summed E-state index contributed by atoms with van der Waals surface area (Å²) in [6.45, 7) is 6.38. The lowest BCUT2D eigenvalue weighted by Crippen LogP contribution is -2.52. The summed E-state index contributed by atoms with van der Waals surface area (Å²) in [6, 6.07) is -0.642. The van der Waals surface area contributed by atoms with Crippen LogP contribution in [0, 0.1) is 5.92 Å². The zero-order chi connectivity index (χ0) is 13.7. The van der Waals surface area contributed by atoms with Crippen LogP contribution in [0.2, 0.25) is 0 Å². The first kappa shape index (κ1) is 15.0. The average Bonchev–Trinajstić information content (AvgIpc) is 2.73. The van der Waals surface area contributed by atoms with Gasteiger partial charge < -0.3 is 15.3 Å². The molecule has 0 unspecified atom stereocenters. The van der Waals surface area contributed by atoms with E-state index in [4.69, 9.17) is 0 Å². The molecule has 0 spiro atoms. The number of amides is 2. The Morgan fingerprint density at radius 2 is 2.17 bits per heavy atom. The normalized spacial score (nSPS) is 19.2. The molecule has 1 aliphatic rings. The highest BCUT2D eigenvalue weighted by Gasteiger charge is 2.32. The van der Waals surface area contributed by atoms with Crippen LogP contribution in [0.15, 0.2) is 0 Å². The number of hydrogen-bond donors (Lipinski definition) is 2. The van der Waals surface area contributed by atoms with Gasteiger partial charge in [0, 0.05) is 13.0 Å². The summed E-state index contributed by atoms with van der Waals surface area (Å²) in [6.07, 6.45) is 1.97. The molecule has 1 fully saturated rings. The number of aliphatic hydroxyl groups is 1. The zero-order valence-corrected chi connectivity index (χ0v) is 11.5. The third-order valence-corrected chi connectivity index (χ3v) is 3.50. The number of nitrogens with one attached hydrogen (secondary N) is 1. The van der Waals surface area contributed by atoms with Crippen LogP contribution in [0.5, 0.6) is 0 Å². The molecule has 1 aliphatic heterocycles. The van der Waals surface area contributed by atoms with Crippen molar-refractivity contribution in [3.63, 3.8) is 0 Å². The number of carbonyl (C=O) groups excluding carboxylic acids is 2. The van der Waals surface area contributed by atoms with E-state index in [-0.39, 0.29) is 30.4 Å². The molecule has 2 amide bonds. The minimum atomic E-state index is -0.396. The molecule has 1 rings (SSSR count). The highest BCUT2D eigenvalue weighted by molar-refractivity contribution is 5.88. The van der Waals surface area contributed by atoms with Crippen LogP contribution >= 0.6 is 0 Å². The van der Waals surface area contributed by atoms with Gasteiger partial charge in [-0.25, -0.2) is 0 Å². The molecule has 0 radical (unpaired) electrons. The van der Waals surface area contributed by atoms with Gasteiger partial charge in [0.25, 0.3) is 0 Å². The highest BCUT2D eigenvalue weighted by Crippen LogP contribution is 2.16. The standard InChI is InChI=1S/C13H24N2O3/c1-4-11(15-7-5-6-12(15)17)13(18)14-10(8-16)9(2)3/h9-11,16H,4-8H2,1-3H3,(H,14,18)/t10-,11-/m1/s1. The molecular formula is C13H24N2O3. The fourth-order valence-corrected chi connectivity index (χ4v) is 2.25. The highest BCUT2D eigenvalue weighted by atomic mass is 16.3. The van der Waals surface area contributed by atoms with Gasteiger partial charge in [-0.1, -0.05) is 20.8 Å². The molecule has 2 atom stereocenters. The van der Waals surface area contributed by atoms with Crippen molar-refractivity contribution < 1.29 is 14.7 Å². The first-order valence-electron chi connectivity index (χ1n) is 6.72. The third kappa shape index (κ3) is 3.45. The lowest BCUT2D eigenvalue weighted by atomic mass is 10.0. The second kappa shape index (κ2) is 6.73. The molecule has 5 heteroatoms. The van der Waals surface area contributed by atoms with E-state index in [1.54, 1.807) is 4.90 Å². The van der Waals surface area contributed by atoms with Gasteiger partial charge in [-0.15, -0.1) is 0 Å². The van der Waals surface area contributed by atoms with E-state index in [9.17, 15) is 14.7 Å². The molecule has 0 bridgehead atoms. The molecule has 104 valence electrons. The smallest absolute Gasteiger partial charge is 0.243 e. The van der Waals surface area contributed by atoms with Gasteiger partial charge in [-0.05, 0) is 18.8 Å². The van der Waals surface area contributed by atoms with Gasteiger partial charge in [0.15, 0.2) is 0 Å². The van der Waals surface area contributed by atoms with Crippen molar-refractivity contribution in [3.05, 3.63) is 0 Å². The molecule has 5 nitrogen and oxygen atoms in total. The predicted molar refractivity (Wildman–Crippen MR) is 68.9 cm³/mol. The maximum atomic E-state index is 12.2. The van der Waals surface area contributed by atoms with E-state index in [0.29, 0.717) is 19.4 Å². The number of likely N-dealkylation sites (tertiary alicyclic amines) is 1. The van der Waals surface area contributed by atoms with Gasteiger partial charge in [0.1, 0.15) is 6.04 Å². The molecule has 2 N–H and O–H groups in total. The van der Waals surface area contributed by atoms with Crippen LogP contribution in [0.25, 0.3) is 0 Å². The Morgan fingerprint density at radius 3 is 2.56 bits per heavy atom. The topological polar surface area (TPSA) is 69.6 Å². The Balaban J connectivity index is 2.64. The maximum Gasteiger partial charge on any atom is 0.243 e. The van der Waals surface area contributed by atoms with Crippen LogP contribution in [-0.2, 0) is 9.59 Å². The number of rotatable bonds is 6. The molecule has 18 heavy (non-hydrogen) atoms. The van der Waals surface area contributed by atoms with E-state index in [1.807, 2.05) is 20.8 Å². The summed E-state index contributed by atoms with van der Waals surface area (Å²) in [5, 5.41) is 12.1. The monoisotopic (exact) mass is 256 g/mol. The number of aliphatic hydroxyl groups excluding tert-OH is 1. The van der Waals surface area contributed by atoms with Crippen LogP contribution in [0.1, 0.15) is 40.0 Å². The number of carbonyl (C=O) groups is 2. The van der Waals surface area contributed by atoms with Gasteiger partial charge in [-0.2, -0.15) is 0 Å². The number of nitrogens with zero attached hydrogens (tertiary/aromatic N) is 1. The van der Waals surface area contributed by atoms with Crippen molar-refractivity contribution in [2.45, 2.75) is 52.1 Å². The molecule has 0 aromatic rings. The first-order valence-corrected chi connectivity index (χ1v) is 6.72. The Morgan fingerprint density at radius 1 is 1.50 bits per heavy atom. The average molecular weight is 256 g/mol. The Bertz CT molecular complexity index is 305. The lowest BCUT2D eigenvalue weighted by Gasteiger charge is -2.28. The van der Waals surface area contributed by atoms with E-state index in [1.165, 1.54) is 0 Å². The Kier molecular flexibility index (Phi) is 5.59. The van der Waals surface area contributed by atoms with Gasteiger partial charge in [-0.3, -0.25) is 9.59 Å². The summed E-state index contributed by atoms with van der Waals surface area (Å²) in [7, 11) is 0. The molecule has 0 aliphatic carbocycles. The van der Waals surface area contributed by atoms with E-state index >= 15 is 0 Å². The minimum absolute atomic E-state index is 0.0575. The van der Waals surface area contributed by atoms with Crippen LogP contribution in [0.3, 0.4) is 0 Å². The maximum absolute atomic E-state index is 12.2. The third-order valence-electron chi connectivity index (χ3n) is 3.50. The van der Waals surface area contributed by atoms with Crippen LogP contribution in [0.4, 0.5) is 0 Å². The fraction of sp³-hybridized carbons (Fsp3) is 0.846. The summed E-state index contributed by atoms with van der Waals surface area (Å²) in [5.41, 5.74) is 0.